The number of hydrogen-bond acceptors (Lipinski definition) is 4. The fraction of sp³-hybridized carbons (Fsp3) is 1.00. The van der Waals surface area contributed by atoms with Gasteiger partial charge in [0.1, 0.15) is 15.6 Å². The van der Waals surface area contributed by atoms with Crippen LogP contribution in [0.2, 0.25) is 0 Å². The van der Waals surface area contributed by atoms with E-state index in [0.29, 0.717) is 0 Å². The third-order valence-corrected chi connectivity index (χ3v) is 1.94. The Bertz CT molecular complexity index is 181. The molecule has 0 N–H and O–H groups in total. The standard InChI is InChI=1S/C4H9ClO4S.Na/c1-4(9-3-2-5)10(6,7)8;/h4H,2-3H2,1H3,(H,6,7,8);/q;+1/p-1. The smallest absolute Gasteiger partial charge is 0.746 e. The van der Waals surface area contributed by atoms with Gasteiger partial charge < -0.3 is 9.29 Å². The normalized spacial score (nSPS) is 13.7. The van der Waals surface area contributed by atoms with E-state index in [-0.39, 0.29) is 42.0 Å². The molecule has 0 fully saturated rings. The summed E-state index contributed by atoms with van der Waals surface area (Å²) in [4.78, 5) is 0. The van der Waals surface area contributed by atoms with Gasteiger partial charge in [-0.15, -0.1) is 11.6 Å². The van der Waals surface area contributed by atoms with E-state index in [1.807, 2.05) is 0 Å². The first-order valence-electron chi connectivity index (χ1n) is 2.60. The number of hydrogen-bond donors (Lipinski definition) is 0. The second kappa shape index (κ2) is 6.65. The Morgan fingerprint density at radius 3 is 2.36 bits per heavy atom. The molecule has 1 unspecified atom stereocenters. The summed E-state index contributed by atoms with van der Waals surface area (Å²) in [5.74, 6) is 0.180. The van der Waals surface area contributed by atoms with Gasteiger partial charge in [0.25, 0.3) is 0 Å². The fourth-order valence-corrected chi connectivity index (χ4v) is 0.646. The molecular weight excluding hydrogens is 203 g/mol. The summed E-state index contributed by atoms with van der Waals surface area (Å²) >= 11 is 5.17. The molecule has 0 rings (SSSR count). The predicted octanol–water partition coefficient (Wildman–Crippen LogP) is -2.86. The minimum atomic E-state index is -4.31. The average Bonchev–Trinajstić information content (AvgIpc) is 1.80. The molecule has 1 atom stereocenters. The van der Waals surface area contributed by atoms with Gasteiger partial charge in [0.05, 0.1) is 6.61 Å². The quantitative estimate of drug-likeness (QED) is 0.284. The zero-order valence-corrected chi connectivity index (χ0v) is 9.98. The second-order valence-electron chi connectivity index (χ2n) is 1.62. The summed E-state index contributed by atoms with van der Waals surface area (Å²) in [7, 11) is -4.31. The first-order chi connectivity index (χ1) is 4.48. The Morgan fingerprint density at radius 1 is 1.64 bits per heavy atom. The van der Waals surface area contributed by atoms with Gasteiger partial charge in [-0.25, -0.2) is 8.42 Å². The SMILES string of the molecule is CC(OCCCl)S(=O)(=O)[O-].[Na+]. The number of halogens is 1. The molecule has 0 aliphatic rings. The Hall–Kier alpha value is 1.16. The molecule has 0 aliphatic heterocycles. The van der Waals surface area contributed by atoms with E-state index in [4.69, 9.17) is 11.6 Å². The summed E-state index contributed by atoms with van der Waals surface area (Å²) in [6.07, 6.45) is 0. The van der Waals surface area contributed by atoms with E-state index in [9.17, 15) is 13.0 Å². The van der Waals surface area contributed by atoms with Crippen LogP contribution in [0, 0.1) is 0 Å². The molecule has 0 saturated heterocycles. The van der Waals surface area contributed by atoms with Crippen molar-refractivity contribution < 1.29 is 47.3 Å². The van der Waals surface area contributed by atoms with Crippen molar-refractivity contribution in [2.45, 2.75) is 12.4 Å². The first-order valence-corrected chi connectivity index (χ1v) is 4.61. The van der Waals surface area contributed by atoms with Crippen LogP contribution in [-0.2, 0) is 14.9 Å². The molecule has 7 heteroatoms. The Labute approximate surface area is 93.3 Å². The van der Waals surface area contributed by atoms with Crippen molar-refractivity contribution in [2.24, 2.45) is 0 Å². The number of alkyl halides is 1. The summed E-state index contributed by atoms with van der Waals surface area (Å²) in [6.45, 7) is 1.25. The summed E-state index contributed by atoms with van der Waals surface area (Å²) in [5, 5.41) is 0. The van der Waals surface area contributed by atoms with Gasteiger partial charge in [0, 0.05) is 5.88 Å². The van der Waals surface area contributed by atoms with Gasteiger partial charge in [-0.3, -0.25) is 0 Å². The van der Waals surface area contributed by atoms with Crippen molar-refractivity contribution in [3.63, 3.8) is 0 Å². The molecule has 0 aliphatic carbocycles. The van der Waals surface area contributed by atoms with Crippen LogP contribution < -0.4 is 29.6 Å². The van der Waals surface area contributed by atoms with Crippen LogP contribution in [0.3, 0.4) is 0 Å². The molecule has 0 heterocycles. The first kappa shape index (κ1) is 14.7. The maximum Gasteiger partial charge on any atom is 1.00 e. The third-order valence-electron chi connectivity index (χ3n) is 0.836. The van der Waals surface area contributed by atoms with E-state index in [1.54, 1.807) is 0 Å². The van der Waals surface area contributed by atoms with Gasteiger partial charge in [-0.2, -0.15) is 0 Å². The van der Waals surface area contributed by atoms with Crippen molar-refractivity contribution in [3.8, 4) is 0 Å². The van der Waals surface area contributed by atoms with Crippen LogP contribution in [0.1, 0.15) is 6.92 Å². The largest absolute Gasteiger partial charge is 1.00 e. The molecular formula is C4H8ClNaO4S. The molecule has 11 heavy (non-hydrogen) atoms. The van der Waals surface area contributed by atoms with Crippen molar-refractivity contribution in [2.75, 3.05) is 12.5 Å². The van der Waals surface area contributed by atoms with Gasteiger partial charge in [-0.05, 0) is 6.92 Å². The zero-order valence-electron chi connectivity index (χ0n) is 6.41. The van der Waals surface area contributed by atoms with E-state index >= 15 is 0 Å². The molecule has 0 bridgehead atoms. The van der Waals surface area contributed by atoms with Crippen LogP contribution >= 0.6 is 11.6 Å². The van der Waals surface area contributed by atoms with Crippen molar-refractivity contribution in [1.29, 1.82) is 0 Å². The minimum absolute atomic E-state index is 0. The van der Waals surface area contributed by atoms with E-state index < -0.39 is 15.6 Å². The van der Waals surface area contributed by atoms with Crippen LogP contribution in [0.5, 0.6) is 0 Å². The van der Waals surface area contributed by atoms with E-state index in [0.717, 1.165) is 0 Å². The van der Waals surface area contributed by atoms with Crippen molar-refractivity contribution in [1.82, 2.24) is 0 Å². The summed E-state index contributed by atoms with van der Waals surface area (Å²) < 4.78 is 34.9. The maximum absolute atomic E-state index is 10.1. The molecule has 0 aromatic rings. The summed E-state index contributed by atoms with van der Waals surface area (Å²) in [5.41, 5.74) is -1.30. The summed E-state index contributed by atoms with van der Waals surface area (Å²) in [6, 6.07) is 0. The Kier molecular flexibility index (Phi) is 8.87. The number of rotatable bonds is 4. The van der Waals surface area contributed by atoms with Gasteiger partial charge in [-0.1, -0.05) is 0 Å². The molecule has 0 radical (unpaired) electrons. The van der Waals surface area contributed by atoms with Gasteiger partial charge in [0.15, 0.2) is 0 Å². The Morgan fingerprint density at radius 2 is 2.09 bits per heavy atom. The minimum Gasteiger partial charge on any atom is -0.746 e. The van der Waals surface area contributed by atoms with Crippen molar-refractivity contribution in [3.05, 3.63) is 0 Å². The van der Waals surface area contributed by atoms with Gasteiger partial charge in [0.2, 0.25) is 0 Å². The average molecular weight is 211 g/mol. The molecule has 0 spiro atoms. The van der Waals surface area contributed by atoms with Crippen LogP contribution in [0.25, 0.3) is 0 Å². The van der Waals surface area contributed by atoms with Gasteiger partial charge >= 0.3 is 29.6 Å². The molecule has 0 aromatic carbocycles. The number of ether oxygens (including phenoxy) is 1. The fourth-order valence-electron chi connectivity index (χ4n) is 0.294. The predicted molar refractivity (Wildman–Crippen MR) is 35.8 cm³/mol. The Balaban J connectivity index is 0. The molecule has 62 valence electrons. The van der Waals surface area contributed by atoms with Crippen molar-refractivity contribution >= 4 is 21.7 Å². The van der Waals surface area contributed by atoms with Crippen LogP contribution in [0.15, 0.2) is 0 Å². The molecule has 4 nitrogen and oxygen atoms in total. The maximum atomic E-state index is 10.1. The third kappa shape index (κ3) is 7.52. The topological polar surface area (TPSA) is 66.4 Å². The zero-order chi connectivity index (χ0) is 8.20. The molecule has 0 amide bonds. The van der Waals surface area contributed by atoms with E-state index in [2.05, 4.69) is 4.74 Å². The molecule has 0 aromatic heterocycles. The van der Waals surface area contributed by atoms with Crippen LogP contribution in [-0.4, -0.2) is 30.9 Å². The second-order valence-corrected chi connectivity index (χ2v) is 3.65. The molecule has 0 saturated carbocycles. The monoisotopic (exact) mass is 210 g/mol. The van der Waals surface area contributed by atoms with E-state index in [1.165, 1.54) is 6.92 Å². The van der Waals surface area contributed by atoms with Crippen LogP contribution in [0.4, 0.5) is 0 Å².